The summed E-state index contributed by atoms with van der Waals surface area (Å²) in [5.41, 5.74) is 3.27. The summed E-state index contributed by atoms with van der Waals surface area (Å²) in [6, 6.07) is 6.11. The molecule has 116 valence electrons. The predicted molar refractivity (Wildman–Crippen MR) is 86.0 cm³/mol. The van der Waals surface area contributed by atoms with Crippen LogP contribution in [0, 0.1) is 19.8 Å². The molecule has 0 saturated carbocycles. The Morgan fingerprint density at radius 2 is 2.09 bits per heavy atom. The summed E-state index contributed by atoms with van der Waals surface area (Å²) in [5.74, 6) is 1.25. The van der Waals surface area contributed by atoms with Crippen molar-refractivity contribution < 1.29 is 4.74 Å². The van der Waals surface area contributed by atoms with Gasteiger partial charge in [-0.3, -0.25) is 4.98 Å². The number of hydrogen-bond acceptors (Lipinski definition) is 5. The molecule has 0 N–H and O–H groups in total. The van der Waals surface area contributed by atoms with Crippen LogP contribution < -0.4 is 4.90 Å². The summed E-state index contributed by atoms with van der Waals surface area (Å²) >= 11 is 0. The molecule has 2 aromatic rings. The zero-order valence-corrected chi connectivity index (χ0v) is 13.2. The monoisotopic (exact) mass is 298 g/mol. The van der Waals surface area contributed by atoms with Crippen molar-refractivity contribution in [3.05, 3.63) is 47.5 Å². The fraction of sp³-hybridized carbons (Fsp3) is 0.471. The lowest BCUT2D eigenvalue weighted by atomic mass is 10.0. The third-order valence-corrected chi connectivity index (χ3v) is 3.84. The molecule has 1 fully saturated rings. The maximum Gasteiger partial charge on any atom is 0.225 e. The van der Waals surface area contributed by atoms with Crippen molar-refractivity contribution in [3.8, 4) is 0 Å². The van der Waals surface area contributed by atoms with Gasteiger partial charge in [-0.1, -0.05) is 6.07 Å². The normalized spacial score (nSPS) is 19.0. The SMILES string of the molecule is Cc1cc(C)nc(N2CCOCC(Cc3cccnc3)C2)n1. The molecule has 1 saturated heterocycles. The lowest BCUT2D eigenvalue weighted by molar-refractivity contribution is 0.123. The van der Waals surface area contributed by atoms with E-state index in [1.807, 2.05) is 38.4 Å². The lowest BCUT2D eigenvalue weighted by Gasteiger charge is -2.24. The molecule has 0 spiro atoms. The van der Waals surface area contributed by atoms with Crippen molar-refractivity contribution in [1.29, 1.82) is 0 Å². The van der Waals surface area contributed by atoms with Crippen LogP contribution in [0.3, 0.4) is 0 Å². The Hall–Kier alpha value is -2.01. The average molecular weight is 298 g/mol. The van der Waals surface area contributed by atoms with Crippen molar-refractivity contribution in [3.63, 3.8) is 0 Å². The summed E-state index contributed by atoms with van der Waals surface area (Å²) in [6.07, 6.45) is 4.71. The molecule has 3 rings (SSSR count). The summed E-state index contributed by atoms with van der Waals surface area (Å²) in [4.78, 5) is 15.6. The smallest absolute Gasteiger partial charge is 0.225 e. The van der Waals surface area contributed by atoms with Crippen molar-refractivity contribution in [1.82, 2.24) is 15.0 Å². The summed E-state index contributed by atoms with van der Waals surface area (Å²) < 4.78 is 5.77. The van der Waals surface area contributed by atoms with Crippen LogP contribution >= 0.6 is 0 Å². The van der Waals surface area contributed by atoms with E-state index in [1.165, 1.54) is 5.56 Å². The van der Waals surface area contributed by atoms with Gasteiger partial charge < -0.3 is 9.64 Å². The second kappa shape index (κ2) is 6.83. The molecule has 1 aliphatic heterocycles. The second-order valence-electron chi connectivity index (χ2n) is 5.90. The Bertz CT molecular complexity index is 597. The molecule has 5 nitrogen and oxygen atoms in total. The average Bonchev–Trinajstić information content (AvgIpc) is 2.73. The molecular weight excluding hydrogens is 276 g/mol. The quantitative estimate of drug-likeness (QED) is 0.869. The van der Waals surface area contributed by atoms with Crippen LogP contribution in [0.4, 0.5) is 5.95 Å². The minimum atomic E-state index is 0.427. The van der Waals surface area contributed by atoms with Crippen LogP contribution in [0.15, 0.2) is 30.6 Å². The van der Waals surface area contributed by atoms with Gasteiger partial charge in [-0.15, -0.1) is 0 Å². The van der Waals surface area contributed by atoms with E-state index in [9.17, 15) is 0 Å². The second-order valence-corrected chi connectivity index (χ2v) is 5.90. The molecule has 0 aliphatic carbocycles. The summed E-state index contributed by atoms with van der Waals surface area (Å²) in [7, 11) is 0. The van der Waals surface area contributed by atoms with Gasteiger partial charge in [0.05, 0.1) is 13.2 Å². The number of hydrogen-bond donors (Lipinski definition) is 0. The Morgan fingerprint density at radius 1 is 1.27 bits per heavy atom. The van der Waals surface area contributed by atoms with Crippen molar-refractivity contribution >= 4 is 5.95 Å². The van der Waals surface area contributed by atoms with Crippen LogP contribution in [0.5, 0.6) is 0 Å². The molecule has 22 heavy (non-hydrogen) atoms. The molecule has 0 aromatic carbocycles. The molecule has 0 bridgehead atoms. The minimum Gasteiger partial charge on any atom is -0.379 e. The van der Waals surface area contributed by atoms with Gasteiger partial charge >= 0.3 is 0 Å². The number of aromatic nitrogens is 3. The van der Waals surface area contributed by atoms with Crippen LogP contribution in [-0.4, -0.2) is 41.3 Å². The first-order valence-corrected chi connectivity index (χ1v) is 7.74. The number of pyridine rings is 1. The fourth-order valence-corrected chi connectivity index (χ4v) is 2.89. The molecule has 3 heterocycles. The number of ether oxygens (including phenoxy) is 1. The molecule has 0 radical (unpaired) electrons. The molecule has 5 heteroatoms. The minimum absolute atomic E-state index is 0.427. The van der Waals surface area contributed by atoms with E-state index >= 15 is 0 Å². The van der Waals surface area contributed by atoms with E-state index in [0.717, 1.165) is 50.1 Å². The first-order valence-electron chi connectivity index (χ1n) is 7.74. The number of anilines is 1. The van der Waals surface area contributed by atoms with E-state index in [-0.39, 0.29) is 0 Å². The maximum atomic E-state index is 5.77. The molecule has 2 aromatic heterocycles. The number of rotatable bonds is 3. The lowest BCUT2D eigenvalue weighted by Crippen LogP contribution is -2.32. The van der Waals surface area contributed by atoms with Gasteiger partial charge in [0.25, 0.3) is 0 Å². The van der Waals surface area contributed by atoms with Crippen molar-refractivity contribution in [2.75, 3.05) is 31.2 Å². The molecular formula is C17H22N4O. The Balaban J connectivity index is 1.74. The molecule has 0 amide bonds. The molecule has 1 unspecified atom stereocenters. The van der Waals surface area contributed by atoms with Crippen LogP contribution in [-0.2, 0) is 11.2 Å². The van der Waals surface area contributed by atoms with Gasteiger partial charge in [-0.2, -0.15) is 0 Å². The molecule has 1 atom stereocenters. The Morgan fingerprint density at radius 3 is 2.82 bits per heavy atom. The first-order chi connectivity index (χ1) is 10.7. The van der Waals surface area contributed by atoms with E-state index in [4.69, 9.17) is 4.74 Å². The van der Waals surface area contributed by atoms with Crippen molar-refractivity contribution in [2.24, 2.45) is 5.92 Å². The van der Waals surface area contributed by atoms with E-state index in [2.05, 4.69) is 25.9 Å². The third kappa shape index (κ3) is 3.80. The zero-order chi connectivity index (χ0) is 15.4. The van der Waals surface area contributed by atoms with Gasteiger partial charge in [0, 0.05) is 42.8 Å². The highest BCUT2D eigenvalue weighted by molar-refractivity contribution is 5.32. The Kier molecular flexibility index (Phi) is 4.63. The third-order valence-electron chi connectivity index (χ3n) is 3.84. The van der Waals surface area contributed by atoms with Crippen LogP contribution in [0.1, 0.15) is 17.0 Å². The van der Waals surface area contributed by atoms with Gasteiger partial charge in [0.15, 0.2) is 0 Å². The highest BCUT2D eigenvalue weighted by atomic mass is 16.5. The van der Waals surface area contributed by atoms with Gasteiger partial charge in [-0.25, -0.2) is 9.97 Å². The topological polar surface area (TPSA) is 51.1 Å². The highest BCUT2D eigenvalue weighted by Gasteiger charge is 2.21. The largest absolute Gasteiger partial charge is 0.379 e. The van der Waals surface area contributed by atoms with Crippen LogP contribution in [0.25, 0.3) is 0 Å². The Labute approximate surface area is 131 Å². The van der Waals surface area contributed by atoms with E-state index in [0.29, 0.717) is 5.92 Å². The van der Waals surface area contributed by atoms with Gasteiger partial charge in [0.1, 0.15) is 0 Å². The fourth-order valence-electron chi connectivity index (χ4n) is 2.89. The maximum absolute atomic E-state index is 5.77. The summed E-state index contributed by atoms with van der Waals surface area (Å²) in [6.45, 7) is 7.28. The standard InChI is InChI=1S/C17H22N4O/c1-13-8-14(2)20-17(19-13)21-6-7-22-12-16(11-21)9-15-4-3-5-18-10-15/h3-5,8,10,16H,6-7,9,11-12H2,1-2H3. The van der Waals surface area contributed by atoms with Crippen molar-refractivity contribution in [2.45, 2.75) is 20.3 Å². The first kappa shape index (κ1) is 14.9. The molecule has 1 aliphatic rings. The van der Waals surface area contributed by atoms with Crippen LogP contribution in [0.2, 0.25) is 0 Å². The highest BCUT2D eigenvalue weighted by Crippen LogP contribution is 2.18. The van der Waals surface area contributed by atoms with Gasteiger partial charge in [0.2, 0.25) is 5.95 Å². The summed E-state index contributed by atoms with van der Waals surface area (Å²) in [5, 5.41) is 0. The predicted octanol–water partition coefficient (Wildman–Crippen LogP) is 2.18. The number of aryl methyl sites for hydroxylation is 2. The van der Waals surface area contributed by atoms with E-state index < -0.39 is 0 Å². The van der Waals surface area contributed by atoms with Gasteiger partial charge in [-0.05, 0) is 38.0 Å². The van der Waals surface area contributed by atoms with E-state index in [1.54, 1.807) is 0 Å². The zero-order valence-electron chi connectivity index (χ0n) is 13.2. The number of nitrogens with zero attached hydrogens (tertiary/aromatic N) is 4.